The predicted octanol–water partition coefficient (Wildman–Crippen LogP) is 1.85. The van der Waals surface area contributed by atoms with Crippen molar-refractivity contribution in [1.82, 2.24) is 14.5 Å². The number of ether oxygens (including phenoxy) is 2. The molecule has 1 aliphatic heterocycles. The lowest BCUT2D eigenvalue weighted by Gasteiger charge is -2.31. The van der Waals surface area contributed by atoms with Crippen molar-refractivity contribution < 1.29 is 27.5 Å². The molecule has 1 aromatic carbocycles. The van der Waals surface area contributed by atoms with Gasteiger partial charge in [0.1, 0.15) is 5.75 Å². The molecule has 1 aromatic heterocycles. The summed E-state index contributed by atoms with van der Waals surface area (Å²) in [7, 11) is -0.902. The summed E-state index contributed by atoms with van der Waals surface area (Å²) >= 11 is 2.30. The second-order valence-electron chi connectivity index (χ2n) is 6.60. The monoisotopic (exact) mass is 486 g/mol. The van der Waals surface area contributed by atoms with Gasteiger partial charge < -0.3 is 14.8 Å². The van der Waals surface area contributed by atoms with Gasteiger partial charge in [0, 0.05) is 13.1 Å². The van der Waals surface area contributed by atoms with Crippen LogP contribution in [0.3, 0.4) is 0 Å². The second-order valence-corrected chi connectivity index (χ2v) is 10.7. The number of esters is 1. The summed E-state index contributed by atoms with van der Waals surface area (Å²) < 4.78 is 37.4. The van der Waals surface area contributed by atoms with E-state index in [1.807, 2.05) is 0 Å². The third-order valence-corrected chi connectivity index (χ3v) is 8.45. The minimum atomic E-state index is -3.71. The number of thioether (sulfide) groups is 1. The third kappa shape index (κ3) is 5.93. The molecule has 1 amide bonds. The van der Waals surface area contributed by atoms with Crippen LogP contribution in [0.25, 0.3) is 0 Å². The number of aromatic nitrogens is 2. The zero-order chi connectivity index (χ0) is 22.4. The standard InChI is InChI=1S/C18H22N4O6S3/c1-27-13-5-7-14(8-6-13)31(25,26)22-9-3-4-12(10-22)16(24)19-17-20-21-18(30-17)29-11-15(23)28-2/h5-8,12H,3-4,9-11H2,1-2H3,(H,19,20,24). The van der Waals surface area contributed by atoms with Crippen molar-refractivity contribution in [1.29, 1.82) is 0 Å². The molecule has 2 aromatic rings. The Kier molecular flexibility index (Phi) is 7.86. The first-order chi connectivity index (χ1) is 14.8. The van der Waals surface area contributed by atoms with E-state index in [4.69, 9.17) is 4.74 Å². The molecule has 0 aliphatic carbocycles. The number of hydrogen-bond donors (Lipinski definition) is 1. The number of carbonyl (C=O) groups is 2. The number of benzene rings is 1. The summed E-state index contributed by atoms with van der Waals surface area (Å²) in [5.41, 5.74) is 0. The first kappa shape index (κ1) is 23.4. The van der Waals surface area contributed by atoms with Gasteiger partial charge in [0.15, 0.2) is 4.34 Å². The molecule has 1 N–H and O–H groups in total. The van der Waals surface area contributed by atoms with E-state index < -0.39 is 15.9 Å². The number of sulfonamides is 1. The van der Waals surface area contributed by atoms with Crippen molar-refractivity contribution in [3.8, 4) is 5.75 Å². The Morgan fingerprint density at radius 3 is 2.68 bits per heavy atom. The van der Waals surface area contributed by atoms with Crippen LogP contribution in [0.5, 0.6) is 5.75 Å². The van der Waals surface area contributed by atoms with Crippen molar-refractivity contribution in [2.75, 3.05) is 38.4 Å². The van der Waals surface area contributed by atoms with Crippen LogP contribution in [0.15, 0.2) is 33.5 Å². The highest BCUT2D eigenvalue weighted by Crippen LogP contribution is 2.28. The highest BCUT2D eigenvalue weighted by molar-refractivity contribution is 8.01. The summed E-state index contributed by atoms with van der Waals surface area (Å²) in [4.78, 5) is 24.1. The minimum Gasteiger partial charge on any atom is -0.497 e. The van der Waals surface area contributed by atoms with Crippen LogP contribution in [-0.2, 0) is 24.3 Å². The highest BCUT2D eigenvalue weighted by Gasteiger charge is 2.33. The molecule has 0 bridgehead atoms. The Morgan fingerprint density at radius 2 is 2.00 bits per heavy atom. The van der Waals surface area contributed by atoms with Crippen LogP contribution in [0, 0.1) is 5.92 Å². The van der Waals surface area contributed by atoms with Gasteiger partial charge >= 0.3 is 5.97 Å². The molecule has 0 radical (unpaired) electrons. The molecule has 31 heavy (non-hydrogen) atoms. The number of carbonyl (C=O) groups excluding carboxylic acids is 2. The molecule has 0 spiro atoms. The maximum atomic E-state index is 13.0. The van der Waals surface area contributed by atoms with Gasteiger partial charge in [0.2, 0.25) is 21.1 Å². The lowest BCUT2D eigenvalue weighted by Crippen LogP contribution is -2.43. The van der Waals surface area contributed by atoms with E-state index in [1.54, 1.807) is 12.1 Å². The average molecular weight is 487 g/mol. The molecule has 0 saturated carbocycles. The van der Waals surface area contributed by atoms with Gasteiger partial charge in [-0.15, -0.1) is 10.2 Å². The van der Waals surface area contributed by atoms with Crippen LogP contribution >= 0.6 is 23.1 Å². The molecule has 2 heterocycles. The summed E-state index contributed by atoms with van der Waals surface area (Å²) in [5, 5.41) is 10.8. The fourth-order valence-electron chi connectivity index (χ4n) is 2.98. The van der Waals surface area contributed by atoms with E-state index in [2.05, 4.69) is 20.3 Å². The Bertz CT molecular complexity index is 1030. The first-order valence-corrected chi connectivity index (χ1v) is 12.6. The molecule has 10 nitrogen and oxygen atoms in total. The Hall–Kier alpha value is -2.22. The van der Waals surface area contributed by atoms with Crippen molar-refractivity contribution in [2.45, 2.75) is 22.1 Å². The molecular weight excluding hydrogens is 464 g/mol. The number of nitrogens with zero attached hydrogens (tertiary/aromatic N) is 3. The van der Waals surface area contributed by atoms with E-state index in [0.29, 0.717) is 34.6 Å². The topological polar surface area (TPSA) is 128 Å². The molecule has 1 fully saturated rings. The summed E-state index contributed by atoms with van der Waals surface area (Å²) in [5.74, 6) is -0.533. The highest BCUT2D eigenvalue weighted by atomic mass is 32.2. The molecular formula is C18H22N4O6S3. The fraction of sp³-hybridized carbons (Fsp3) is 0.444. The van der Waals surface area contributed by atoms with Gasteiger partial charge in [0.25, 0.3) is 0 Å². The van der Waals surface area contributed by atoms with Gasteiger partial charge in [0.05, 0.1) is 30.8 Å². The van der Waals surface area contributed by atoms with Gasteiger partial charge in [-0.2, -0.15) is 4.31 Å². The van der Waals surface area contributed by atoms with Crippen LogP contribution < -0.4 is 10.1 Å². The molecule has 13 heteroatoms. The lowest BCUT2D eigenvalue weighted by molar-refractivity contribution is -0.137. The van der Waals surface area contributed by atoms with E-state index in [0.717, 1.165) is 23.1 Å². The zero-order valence-corrected chi connectivity index (χ0v) is 19.4. The molecule has 3 rings (SSSR count). The smallest absolute Gasteiger partial charge is 0.316 e. The van der Waals surface area contributed by atoms with E-state index in [-0.39, 0.29) is 29.1 Å². The van der Waals surface area contributed by atoms with Crippen molar-refractivity contribution >= 4 is 50.1 Å². The lowest BCUT2D eigenvalue weighted by atomic mass is 9.99. The quantitative estimate of drug-likeness (QED) is 0.338. The number of methoxy groups -OCH3 is 2. The normalized spacial score (nSPS) is 17.2. The number of anilines is 1. The number of nitrogens with one attached hydrogen (secondary N) is 1. The van der Waals surface area contributed by atoms with Crippen molar-refractivity contribution in [3.63, 3.8) is 0 Å². The summed E-state index contributed by atoms with van der Waals surface area (Å²) in [6.45, 7) is 0.439. The van der Waals surface area contributed by atoms with Crippen LogP contribution in [-0.4, -0.2) is 67.9 Å². The molecule has 168 valence electrons. The van der Waals surface area contributed by atoms with Gasteiger partial charge in [-0.25, -0.2) is 8.42 Å². The summed E-state index contributed by atoms with van der Waals surface area (Å²) in [6, 6.07) is 6.16. The molecule has 1 saturated heterocycles. The largest absolute Gasteiger partial charge is 0.497 e. The van der Waals surface area contributed by atoms with E-state index >= 15 is 0 Å². The maximum absolute atomic E-state index is 13.0. The van der Waals surface area contributed by atoms with E-state index in [9.17, 15) is 18.0 Å². The predicted molar refractivity (Wildman–Crippen MR) is 116 cm³/mol. The maximum Gasteiger partial charge on any atom is 0.316 e. The third-order valence-electron chi connectivity index (χ3n) is 4.63. The Morgan fingerprint density at radius 1 is 1.26 bits per heavy atom. The number of hydrogen-bond acceptors (Lipinski definition) is 10. The van der Waals surface area contributed by atoms with E-state index in [1.165, 1.54) is 30.7 Å². The van der Waals surface area contributed by atoms with Gasteiger partial charge in [-0.05, 0) is 37.1 Å². The molecule has 1 atom stereocenters. The van der Waals surface area contributed by atoms with Crippen LogP contribution in [0.2, 0.25) is 0 Å². The van der Waals surface area contributed by atoms with Crippen molar-refractivity contribution in [2.24, 2.45) is 5.92 Å². The number of piperidine rings is 1. The number of rotatable bonds is 8. The molecule has 1 aliphatic rings. The average Bonchev–Trinajstić information content (AvgIpc) is 3.24. The van der Waals surface area contributed by atoms with Crippen molar-refractivity contribution in [3.05, 3.63) is 24.3 Å². The Balaban J connectivity index is 1.61. The number of amides is 1. The van der Waals surface area contributed by atoms with Gasteiger partial charge in [-0.3, -0.25) is 9.59 Å². The van der Waals surface area contributed by atoms with Gasteiger partial charge in [-0.1, -0.05) is 23.1 Å². The zero-order valence-electron chi connectivity index (χ0n) is 16.9. The first-order valence-electron chi connectivity index (χ1n) is 9.31. The second kappa shape index (κ2) is 10.4. The minimum absolute atomic E-state index is 0.0863. The summed E-state index contributed by atoms with van der Waals surface area (Å²) in [6.07, 6.45) is 1.15. The van der Waals surface area contributed by atoms with Crippen LogP contribution in [0.4, 0.5) is 5.13 Å². The fourth-order valence-corrected chi connectivity index (χ4v) is 6.09. The molecule has 1 unspecified atom stereocenters. The SMILES string of the molecule is COC(=O)CSc1nnc(NC(=O)C2CCCN(S(=O)(=O)c3ccc(OC)cc3)C2)s1. The Labute approximate surface area is 188 Å². The van der Waals surface area contributed by atoms with Crippen LogP contribution in [0.1, 0.15) is 12.8 Å².